The van der Waals surface area contributed by atoms with Gasteiger partial charge in [-0.25, -0.2) is 9.98 Å². The van der Waals surface area contributed by atoms with E-state index in [1.807, 2.05) is 18.2 Å². The number of quaternary nitrogens is 1. The molecule has 0 aromatic carbocycles. The first-order valence-electron chi connectivity index (χ1n) is 9.25. The van der Waals surface area contributed by atoms with Crippen LogP contribution >= 0.6 is 0 Å². The number of carbonyl (C=O) groups excluding carboxylic acids is 1. The number of rotatable bonds is 3. The molecule has 5 heterocycles. The number of furan rings is 1. The monoisotopic (exact) mass is 391 g/mol. The van der Waals surface area contributed by atoms with Crippen molar-refractivity contribution >= 4 is 29.6 Å². The SMILES string of the molecule is N[N+]12C=C(C(=O)N3CCN(c4ccccn4)CC3)N=CC1=NC(c1ccco1)=N2. The molecule has 2 aromatic heterocycles. The van der Waals surface area contributed by atoms with Crippen molar-refractivity contribution in [1.82, 2.24) is 9.88 Å². The number of amidine groups is 2. The number of fused-ring (bicyclic) bond motifs is 1. The summed E-state index contributed by atoms with van der Waals surface area (Å²) in [6.07, 6.45) is 6.31. The highest BCUT2D eigenvalue weighted by atomic mass is 16.3. The van der Waals surface area contributed by atoms with Crippen LogP contribution in [0.3, 0.4) is 0 Å². The molecule has 2 N–H and O–H groups in total. The molecule has 1 amide bonds. The quantitative estimate of drug-likeness (QED) is 0.612. The van der Waals surface area contributed by atoms with Crippen molar-refractivity contribution in [2.45, 2.75) is 0 Å². The number of nitrogens with zero attached hydrogens (tertiary/aromatic N) is 7. The lowest BCUT2D eigenvalue weighted by atomic mass is 10.2. The van der Waals surface area contributed by atoms with Crippen LogP contribution in [0, 0.1) is 0 Å². The second kappa shape index (κ2) is 6.76. The molecule has 29 heavy (non-hydrogen) atoms. The Morgan fingerprint density at radius 1 is 1.14 bits per heavy atom. The van der Waals surface area contributed by atoms with Crippen molar-refractivity contribution in [2.24, 2.45) is 20.9 Å². The zero-order valence-electron chi connectivity index (χ0n) is 15.5. The molecule has 0 radical (unpaired) electrons. The summed E-state index contributed by atoms with van der Waals surface area (Å²) in [7, 11) is 0. The Kier molecular flexibility index (Phi) is 4.07. The van der Waals surface area contributed by atoms with Gasteiger partial charge in [0.05, 0.1) is 6.26 Å². The number of piperazine rings is 1. The van der Waals surface area contributed by atoms with Gasteiger partial charge in [0.25, 0.3) is 17.6 Å². The molecule has 10 heteroatoms. The normalized spacial score (nSPS) is 23.4. The number of amides is 1. The van der Waals surface area contributed by atoms with Crippen LogP contribution in [0.1, 0.15) is 5.76 Å². The third kappa shape index (κ3) is 3.13. The molecule has 1 unspecified atom stereocenters. The molecule has 2 aromatic rings. The summed E-state index contributed by atoms with van der Waals surface area (Å²) in [5, 5.41) is 4.39. The zero-order chi connectivity index (χ0) is 19.8. The van der Waals surface area contributed by atoms with Gasteiger partial charge in [0.15, 0.2) is 17.7 Å². The van der Waals surface area contributed by atoms with Crippen LogP contribution in [-0.4, -0.2) is 64.6 Å². The van der Waals surface area contributed by atoms with Gasteiger partial charge in [-0.05, 0) is 34.1 Å². The number of hydrogen-bond acceptors (Lipinski definition) is 8. The molecular formula is C19H19N8O2+. The summed E-state index contributed by atoms with van der Waals surface area (Å²) in [4.78, 5) is 29.9. The Balaban J connectivity index is 1.30. The Labute approximate surface area is 166 Å². The first kappa shape index (κ1) is 17.5. The molecule has 5 rings (SSSR count). The predicted octanol–water partition coefficient (Wildman–Crippen LogP) is 0.713. The maximum atomic E-state index is 13.0. The highest BCUT2D eigenvalue weighted by molar-refractivity contribution is 6.31. The number of aliphatic imine (C=N–C) groups is 2. The summed E-state index contributed by atoms with van der Waals surface area (Å²) >= 11 is 0. The Morgan fingerprint density at radius 3 is 2.72 bits per heavy atom. The Bertz CT molecular complexity index is 1050. The van der Waals surface area contributed by atoms with Gasteiger partial charge in [-0.2, -0.15) is 4.99 Å². The second-order valence-corrected chi connectivity index (χ2v) is 6.85. The van der Waals surface area contributed by atoms with E-state index in [0.29, 0.717) is 43.6 Å². The number of nitrogens with two attached hydrogens (primary N) is 1. The van der Waals surface area contributed by atoms with E-state index in [9.17, 15) is 4.79 Å². The highest BCUT2D eigenvalue weighted by Crippen LogP contribution is 2.23. The largest absolute Gasteiger partial charge is 0.461 e. The Morgan fingerprint density at radius 2 is 2.00 bits per heavy atom. The van der Waals surface area contributed by atoms with E-state index in [2.05, 4.69) is 25.0 Å². The Hall–Kier alpha value is -3.63. The third-order valence-electron chi connectivity index (χ3n) is 4.99. The number of aromatic nitrogens is 1. The smallest absolute Gasteiger partial charge is 0.300 e. The van der Waals surface area contributed by atoms with Crippen LogP contribution in [0.15, 0.2) is 74.2 Å². The number of carbonyl (C=O) groups is 1. The van der Waals surface area contributed by atoms with Crippen LogP contribution in [0.5, 0.6) is 0 Å². The van der Waals surface area contributed by atoms with Gasteiger partial charge in [-0.15, -0.1) is 5.84 Å². The lowest BCUT2D eigenvalue weighted by Crippen LogP contribution is -2.53. The van der Waals surface area contributed by atoms with E-state index in [4.69, 9.17) is 10.3 Å². The lowest BCUT2D eigenvalue weighted by molar-refractivity contribution is -0.803. The van der Waals surface area contributed by atoms with Crippen LogP contribution in [-0.2, 0) is 4.79 Å². The van der Waals surface area contributed by atoms with E-state index >= 15 is 0 Å². The number of pyridine rings is 1. The zero-order valence-corrected chi connectivity index (χ0v) is 15.5. The minimum absolute atomic E-state index is 0.175. The summed E-state index contributed by atoms with van der Waals surface area (Å²) < 4.78 is 4.88. The van der Waals surface area contributed by atoms with Crippen molar-refractivity contribution in [1.29, 1.82) is 0 Å². The molecule has 0 bridgehead atoms. The van der Waals surface area contributed by atoms with Crippen molar-refractivity contribution in [3.8, 4) is 0 Å². The van der Waals surface area contributed by atoms with Crippen LogP contribution in [0.2, 0.25) is 0 Å². The van der Waals surface area contributed by atoms with Crippen molar-refractivity contribution in [3.63, 3.8) is 0 Å². The highest BCUT2D eigenvalue weighted by Gasteiger charge is 2.41. The van der Waals surface area contributed by atoms with Crippen molar-refractivity contribution < 1.29 is 13.9 Å². The van der Waals surface area contributed by atoms with Crippen molar-refractivity contribution in [2.75, 3.05) is 31.1 Å². The fourth-order valence-electron chi connectivity index (χ4n) is 3.44. The van der Waals surface area contributed by atoms with E-state index in [1.54, 1.807) is 29.5 Å². The molecule has 1 saturated heterocycles. The molecule has 0 saturated carbocycles. The average molecular weight is 391 g/mol. The summed E-state index contributed by atoms with van der Waals surface area (Å²) in [5.41, 5.74) is 0.252. The number of anilines is 1. The molecule has 0 aliphatic carbocycles. The van der Waals surface area contributed by atoms with Gasteiger partial charge >= 0.3 is 0 Å². The maximum Gasteiger partial charge on any atom is 0.300 e. The van der Waals surface area contributed by atoms with Gasteiger partial charge in [-0.1, -0.05) is 6.07 Å². The second-order valence-electron chi connectivity index (χ2n) is 6.85. The third-order valence-corrected chi connectivity index (χ3v) is 4.99. The predicted molar refractivity (Wildman–Crippen MR) is 107 cm³/mol. The maximum absolute atomic E-state index is 13.0. The van der Waals surface area contributed by atoms with Crippen molar-refractivity contribution in [3.05, 3.63) is 60.4 Å². The first-order valence-corrected chi connectivity index (χ1v) is 9.25. The van der Waals surface area contributed by atoms with Gasteiger partial charge in [0, 0.05) is 32.4 Å². The minimum atomic E-state index is -0.450. The van der Waals surface area contributed by atoms with E-state index < -0.39 is 4.70 Å². The first-order chi connectivity index (χ1) is 14.1. The summed E-state index contributed by atoms with van der Waals surface area (Å²) in [6, 6.07) is 9.31. The standard InChI is InChI=1S/C19H19N8O2/c20-27-13-14(22-12-17(27)23-18(24-27)15-4-3-11-29-15)19(28)26-9-7-25(8-10-26)16-5-1-2-6-21-16/h1-6,11-13H,7-10,20H2/q+1. The summed E-state index contributed by atoms with van der Waals surface area (Å²) in [5.74, 6) is 8.38. The fourth-order valence-corrected chi connectivity index (χ4v) is 3.44. The number of hydrogen-bond donors (Lipinski definition) is 1. The van der Waals surface area contributed by atoms with E-state index in [-0.39, 0.29) is 11.6 Å². The molecule has 1 atom stereocenters. The molecular weight excluding hydrogens is 372 g/mol. The van der Waals surface area contributed by atoms with Gasteiger partial charge in [0.2, 0.25) is 0 Å². The van der Waals surface area contributed by atoms with E-state index in [0.717, 1.165) is 5.82 Å². The van der Waals surface area contributed by atoms with Gasteiger partial charge in [0.1, 0.15) is 12.0 Å². The molecule has 3 aliphatic heterocycles. The molecule has 3 aliphatic rings. The average Bonchev–Trinajstić information content (AvgIpc) is 3.41. The molecule has 146 valence electrons. The van der Waals surface area contributed by atoms with Crippen LogP contribution < -0.4 is 10.7 Å². The molecule has 0 spiro atoms. The minimum Gasteiger partial charge on any atom is -0.461 e. The van der Waals surface area contributed by atoms with Gasteiger partial charge in [-0.3, -0.25) is 4.79 Å². The fraction of sp³-hybridized carbons (Fsp3) is 0.211. The lowest BCUT2D eigenvalue weighted by Gasteiger charge is -2.35. The van der Waals surface area contributed by atoms with Gasteiger partial charge < -0.3 is 14.2 Å². The summed E-state index contributed by atoms with van der Waals surface area (Å²) in [6.45, 7) is 2.56. The molecule has 10 nitrogen and oxygen atoms in total. The molecule has 1 fully saturated rings. The van der Waals surface area contributed by atoms with Crippen LogP contribution in [0.25, 0.3) is 0 Å². The van der Waals surface area contributed by atoms with Crippen LogP contribution in [0.4, 0.5) is 5.82 Å². The van der Waals surface area contributed by atoms with E-state index in [1.165, 1.54) is 12.4 Å². The topological polar surface area (TPSA) is 113 Å².